The maximum absolute atomic E-state index is 10.3. The van der Waals surface area contributed by atoms with E-state index < -0.39 is 6.10 Å². The van der Waals surface area contributed by atoms with Gasteiger partial charge in [-0.3, -0.25) is 5.01 Å². The second-order valence-corrected chi connectivity index (χ2v) is 6.69. The van der Waals surface area contributed by atoms with Gasteiger partial charge in [-0.1, -0.05) is 17.7 Å². The molecule has 2 aliphatic rings. The molecular weight excluding hydrogens is 314 g/mol. The lowest BCUT2D eigenvalue weighted by atomic mass is 9.94. The maximum atomic E-state index is 10.3. The van der Waals surface area contributed by atoms with Crippen molar-refractivity contribution in [3.8, 4) is 6.07 Å². The van der Waals surface area contributed by atoms with Crippen LogP contribution in [0, 0.1) is 18.3 Å². The molecule has 0 aliphatic carbocycles. The standard InChI is InChI=1S/C17H20ClN3O2/c1-9(2)23-17-15(20-21-7-6-13(22)16(17)21)12-5-4-11(8-19)14(18)10(12)3/h4-5,9,13,16-17,22H,6-7H2,1-3H3. The lowest BCUT2D eigenvalue weighted by Crippen LogP contribution is -2.43. The molecule has 122 valence electrons. The highest BCUT2D eigenvalue weighted by atomic mass is 35.5. The van der Waals surface area contributed by atoms with Crippen LogP contribution in [-0.2, 0) is 4.74 Å². The van der Waals surface area contributed by atoms with Crippen LogP contribution in [0.3, 0.4) is 0 Å². The second kappa shape index (κ2) is 6.12. The van der Waals surface area contributed by atoms with Crippen molar-refractivity contribution >= 4 is 17.3 Å². The molecule has 0 amide bonds. The van der Waals surface area contributed by atoms with E-state index in [9.17, 15) is 5.11 Å². The van der Waals surface area contributed by atoms with Crippen LogP contribution < -0.4 is 0 Å². The molecule has 1 aromatic rings. The summed E-state index contributed by atoms with van der Waals surface area (Å²) < 4.78 is 6.07. The molecule has 3 atom stereocenters. The van der Waals surface area contributed by atoms with Crippen LogP contribution in [0.4, 0.5) is 0 Å². The first-order valence-corrected chi connectivity index (χ1v) is 8.20. The van der Waals surface area contributed by atoms with Crippen LogP contribution in [0.15, 0.2) is 17.2 Å². The van der Waals surface area contributed by atoms with Gasteiger partial charge in [-0.15, -0.1) is 0 Å². The van der Waals surface area contributed by atoms with E-state index in [1.165, 1.54) is 0 Å². The molecule has 2 heterocycles. The summed E-state index contributed by atoms with van der Waals surface area (Å²) in [7, 11) is 0. The van der Waals surface area contributed by atoms with Crippen molar-refractivity contribution in [1.82, 2.24) is 5.01 Å². The molecule has 1 N–H and O–H groups in total. The number of fused-ring (bicyclic) bond motifs is 1. The molecule has 3 rings (SSSR count). The zero-order chi connectivity index (χ0) is 16.7. The van der Waals surface area contributed by atoms with E-state index in [4.69, 9.17) is 21.6 Å². The summed E-state index contributed by atoms with van der Waals surface area (Å²) in [4.78, 5) is 0. The number of nitriles is 1. The van der Waals surface area contributed by atoms with Crippen LogP contribution in [0.2, 0.25) is 5.02 Å². The van der Waals surface area contributed by atoms with Gasteiger partial charge >= 0.3 is 0 Å². The number of aliphatic hydroxyl groups excluding tert-OH is 1. The molecule has 0 aromatic heterocycles. The van der Waals surface area contributed by atoms with Gasteiger partial charge in [0.1, 0.15) is 18.2 Å². The zero-order valence-corrected chi connectivity index (χ0v) is 14.2. The Morgan fingerprint density at radius 2 is 2.22 bits per heavy atom. The molecule has 1 fully saturated rings. The third-order valence-corrected chi connectivity index (χ3v) is 4.90. The molecule has 0 radical (unpaired) electrons. The van der Waals surface area contributed by atoms with Crippen molar-refractivity contribution in [3.05, 3.63) is 33.8 Å². The predicted octanol–water partition coefficient (Wildman–Crippen LogP) is 2.47. The molecule has 5 nitrogen and oxygen atoms in total. The lowest BCUT2D eigenvalue weighted by Gasteiger charge is -2.26. The van der Waals surface area contributed by atoms with Gasteiger partial charge in [-0.25, -0.2) is 0 Å². The fourth-order valence-corrected chi connectivity index (χ4v) is 3.52. The Balaban J connectivity index is 2.04. The zero-order valence-electron chi connectivity index (χ0n) is 13.5. The normalized spacial score (nSPS) is 26.4. The molecule has 6 heteroatoms. The largest absolute Gasteiger partial charge is 0.391 e. The van der Waals surface area contributed by atoms with E-state index in [1.807, 2.05) is 31.8 Å². The quantitative estimate of drug-likeness (QED) is 0.922. The highest BCUT2D eigenvalue weighted by Gasteiger charge is 2.47. The Hall–Kier alpha value is -1.61. The van der Waals surface area contributed by atoms with E-state index >= 15 is 0 Å². The lowest BCUT2D eigenvalue weighted by molar-refractivity contribution is -0.0132. The topological polar surface area (TPSA) is 68.8 Å². The molecule has 23 heavy (non-hydrogen) atoms. The molecule has 0 saturated carbocycles. The highest BCUT2D eigenvalue weighted by Crippen LogP contribution is 2.34. The molecular formula is C17H20ClN3O2. The van der Waals surface area contributed by atoms with E-state index in [0.717, 1.165) is 23.4 Å². The number of rotatable bonds is 3. The van der Waals surface area contributed by atoms with Gasteiger partial charge in [0.25, 0.3) is 0 Å². The van der Waals surface area contributed by atoms with Crippen LogP contribution in [0.25, 0.3) is 0 Å². The Kier molecular flexibility index (Phi) is 4.33. The third kappa shape index (κ3) is 2.72. The average Bonchev–Trinajstić information content (AvgIpc) is 3.03. The van der Waals surface area contributed by atoms with Crippen LogP contribution in [-0.4, -0.2) is 46.7 Å². The maximum Gasteiger partial charge on any atom is 0.127 e. The average molecular weight is 334 g/mol. The SMILES string of the molecule is Cc1c(C2=NN3CCC(O)C3C2OC(C)C)ccc(C#N)c1Cl. The summed E-state index contributed by atoms with van der Waals surface area (Å²) in [5.41, 5.74) is 2.93. The summed E-state index contributed by atoms with van der Waals surface area (Å²) in [6, 6.07) is 5.51. The number of hydrogen-bond donors (Lipinski definition) is 1. The van der Waals surface area contributed by atoms with E-state index in [0.29, 0.717) is 17.0 Å². The summed E-state index contributed by atoms with van der Waals surface area (Å²) in [5, 5.41) is 26.4. The van der Waals surface area contributed by atoms with Gasteiger partial charge in [0.05, 0.1) is 28.5 Å². The highest BCUT2D eigenvalue weighted by molar-refractivity contribution is 6.33. The minimum Gasteiger partial charge on any atom is -0.391 e. The molecule has 0 bridgehead atoms. The molecule has 2 aliphatic heterocycles. The first-order chi connectivity index (χ1) is 10.9. The first-order valence-electron chi connectivity index (χ1n) is 7.82. The summed E-state index contributed by atoms with van der Waals surface area (Å²) >= 11 is 6.30. The van der Waals surface area contributed by atoms with Crippen LogP contribution in [0.1, 0.15) is 37.0 Å². The number of benzene rings is 1. The van der Waals surface area contributed by atoms with E-state index in [2.05, 4.69) is 11.2 Å². The van der Waals surface area contributed by atoms with Crippen molar-refractivity contribution < 1.29 is 9.84 Å². The minimum absolute atomic E-state index is 0.0205. The molecule has 1 aromatic carbocycles. The smallest absolute Gasteiger partial charge is 0.127 e. The summed E-state index contributed by atoms with van der Waals surface area (Å²) in [6.07, 6.45) is -0.0246. The van der Waals surface area contributed by atoms with Gasteiger partial charge in [0.2, 0.25) is 0 Å². The number of aliphatic hydroxyl groups is 1. The molecule has 0 spiro atoms. The fraction of sp³-hybridized carbons (Fsp3) is 0.529. The Labute approximate surface area is 141 Å². The number of ether oxygens (including phenoxy) is 1. The van der Waals surface area contributed by atoms with Gasteiger partial charge in [0.15, 0.2) is 0 Å². The monoisotopic (exact) mass is 333 g/mol. The first kappa shape index (κ1) is 16.3. The second-order valence-electron chi connectivity index (χ2n) is 6.31. The van der Waals surface area contributed by atoms with Crippen molar-refractivity contribution in [2.75, 3.05) is 6.54 Å². The summed E-state index contributed by atoms with van der Waals surface area (Å²) in [6.45, 7) is 6.55. The van der Waals surface area contributed by atoms with Crippen molar-refractivity contribution in [2.24, 2.45) is 5.10 Å². The van der Waals surface area contributed by atoms with Gasteiger partial charge < -0.3 is 9.84 Å². The van der Waals surface area contributed by atoms with Crippen LogP contribution >= 0.6 is 11.6 Å². The number of hydrogen-bond acceptors (Lipinski definition) is 5. The Morgan fingerprint density at radius 3 is 2.87 bits per heavy atom. The number of hydrazone groups is 1. The van der Waals surface area contributed by atoms with Crippen LogP contribution in [0.5, 0.6) is 0 Å². The van der Waals surface area contributed by atoms with Crippen molar-refractivity contribution in [2.45, 2.75) is 51.5 Å². The van der Waals surface area contributed by atoms with E-state index in [1.54, 1.807) is 6.07 Å². The van der Waals surface area contributed by atoms with Crippen molar-refractivity contribution in [1.29, 1.82) is 5.26 Å². The number of nitrogens with zero attached hydrogens (tertiary/aromatic N) is 3. The van der Waals surface area contributed by atoms with Gasteiger partial charge in [0, 0.05) is 12.1 Å². The number of halogens is 1. The Morgan fingerprint density at radius 1 is 1.48 bits per heavy atom. The summed E-state index contributed by atoms with van der Waals surface area (Å²) in [5.74, 6) is 0. The van der Waals surface area contributed by atoms with Gasteiger partial charge in [-0.2, -0.15) is 10.4 Å². The Bertz CT molecular complexity index is 696. The molecule has 1 saturated heterocycles. The minimum atomic E-state index is -0.450. The van der Waals surface area contributed by atoms with E-state index in [-0.39, 0.29) is 18.2 Å². The molecule has 3 unspecified atom stereocenters. The predicted molar refractivity (Wildman–Crippen MR) is 88.6 cm³/mol. The fourth-order valence-electron chi connectivity index (χ4n) is 3.31. The van der Waals surface area contributed by atoms with Gasteiger partial charge in [-0.05, 0) is 38.8 Å². The van der Waals surface area contributed by atoms with Crippen molar-refractivity contribution in [3.63, 3.8) is 0 Å². The third-order valence-electron chi connectivity index (χ3n) is 4.41.